The lowest BCUT2D eigenvalue weighted by molar-refractivity contribution is 0.0943. The minimum atomic E-state index is -0.490. The summed E-state index contributed by atoms with van der Waals surface area (Å²) in [6, 6.07) is 9.44. The van der Waals surface area contributed by atoms with Gasteiger partial charge < -0.3 is 19.5 Å². The molecule has 0 aliphatic carbocycles. The van der Waals surface area contributed by atoms with Crippen molar-refractivity contribution in [3.8, 4) is 11.5 Å². The standard InChI is InChI=1S/C18H19ClFNO4/c1-23-8-9-25-16-5-3-4-13(19)17(16)18(22)21-11-12-6-7-15(24-2)14(20)10-12/h3-7,10H,8-9,11H2,1-2H3,(H,21,22). The number of carbonyl (C=O) groups excluding carboxylic acids is 1. The molecule has 0 bridgehead atoms. The van der Waals surface area contributed by atoms with Gasteiger partial charge >= 0.3 is 0 Å². The Labute approximate surface area is 150 Å². The number of ether oxygens (including phenoxy) is 3. The van der Waals surface area contributed by atoms with Gasteiger partial charge in [0.25, 0.3) is 5.91 Å². The molecule has 2 aromatic carbocycles. The fourth-order valence-electron chi connectivity index (χ4n) is 2.17. The molecule has 7 heteroatoms. The van der Waals surface area contributed by atoms with Crippen molar-refractivity contribution in [2.24, 2.45) is 0 Å². The van der Waals surface area contributed by atoms with E-state index in [0.29, 0.717) is 24.5 Å². The zero-order valence-electron chi connectivity index (χ0n) is 14.0. The van der Waals surface area contributed by atoms with Gasteiger partial charge in [-0.3, -0.25) is 4.79 Å². The predicted octanol–water partition coefficient (Wildman–Crippen LogP) is 3.44. The minimum Gasteiger partial charge on any atom is -0.494 e. The predicted molar refractivity (Wildman–Crippen MR) is 92.9 cm³/mol. The highest BCUT2D eigenvalue weighted by atomic mass is 35.5. The van der Waals surface area contributed by atoms with Gasteiger partial charge in [0, 0.05) is 13.7 Å². The van der Waals surface area contributed by atoms with Crippen molar-refractivity contribution >= 4 is 17.5 Å². The molecule has 0 heterocycles. The molecule has 0 radical (unpaired) electrons. The molecule has 25 heavy (non-hydrogen) atoms. The average Bonchev–Trinajstić information content (AvgIpc) is 2.60. The number of nitrogens with one attached hydrogen (secondary N) is 1. The van der Waals surface area contributed by atoms with Crippen LogP contribution in [-0.2, 0) is 11.3 Å². The average molecular weight is 368 g/mol. The number of amides is 1. The monoisotopic (exact) mass is 367 g/mol. The Balaban J connectivity index is 2.08. The summed E-state index contributed by atoms with van der Waals surface area (Å²) in [7, 11) is 2.95. The lowest BCUT2D eigenvalue weighted by atomic mass is 10.1. The lowest BCUT2D eigenvalue weighted by Crippen LogP contribution is -2.24. The van der Waals surface area contributed by atoms with Crippen molar-refractivity contribution in [2.75, 3.05) is 27.4 Å². The van der Waals surface area contributed by atoms with Crippen LogP contribution in [-0.4, -0.2) is 33.3 Å². The van der Waals surface area contributed by atoms with E-state index in [4.69, 9.17) is 25.8 Å². The molecule has 0 saturated carbocycles. The second-order valence-corrected chi connectivity index (χ2v) is 5.51. The van der Waals surface area contributed by atoms with Gasteiger partial charge in [-0.2, -0.15) is 0 Å². The molecule has 2 rings (SSSR count). The van der Waals surface area contributed by atoms with Crippen LogP contribution in [0, 0.1) is 5.82 Å². The van der Waals surface area contributed by atoms with E-state index in [1.807, 2.05) is 0 Å². The van der Waals surface area contributed by atoms with Crippen molar-refractivity contribution in [2.45, 2.75) is 6.54 Å². The van der Waals surface area contributed by atoms with Crippen LogP contribution in [0.4, 0.5) is 4.39 Å². The number of hydrogen-bond acceptors (Lipinski definition) is 4. The first-order valence-electron chi connectivity index (χ1n) is 7.57. The molecule has 0 atom stereocenters. The first-order valence-corrected chi connectivity index (χ1v) is 7.95. The molecule has 0 saturated heterocycles. The second-order valence-electron chi connectivity index (χ2n) is 5.11. The maximum atomic E-state index is 13.7. The van der Waals surface area contributed by atoms with Gasteiger partial charge in [-0.15, -0.1) is 0 Å². The molecule has 0 spiro atoms. The van der Waals surface area contributed by atoms with Crippen molar-refractivity contribution in [1.29, 1.82) is 0 Å². The van der Waals surface area contributed by atoms with Crippen LogP contribution in [0.15, 0.2) is 36.4 Å². The third kappa shape index (κ3) is 5.08. The number of rotatable bonds is 8. The van der Waals surface area contributed by atoms with Crippen molar-refractivity contribution in [3.63, 3.8) is 0 Å². The third-order valence-corrected chi connectivity index (χ3v) is 3.73. The maximum Gasteiger partial charge on any atom is 0.256 e. The summed E-state index contributed by atoms with van der Waals surface area (Å²) in [5.74, 6) is -0.386. The summed E-state index contributed by atoms with van der Waals surface area (Å²) in [6.45, 7) is 0.821. The normalized spacial score (nSPS) is 10.4. The van der Waals surface area contributed by atoms with Crippen LogP contribution in [0.1, 0.15) is 15.9 Å². The summed E-state index contributed by atoms with van der Waals surface area (Å²) < 4.78 is 29.0. The van der Waals surface area contributed by atoms with E-state index >= 15 is 0 Å². The van der Waals surface area contributed by atoms with Crippen LogP contribution in [0.5, 0.6) is 11.5 Å². The fourth-order valence-corrected chi connectivity index (χ4v) is 2.42. The Bertz CT molecular complexity index is 739. The summed E-state index contributed by atoms with van der Waals surface area (Å²) in [5.41, 5.74) is 0.829. The van der Waals surface area contributed by atoms with Crippen LogP contribution in [0.3, 0.4) is 0 Å². The van der Waals surface area contributed by atoms with E-state index in [1.165, 1.54) is 19.2 Å². The number of hydrogen-bond donors (Lipinski definition) is 1. The van der Waals surface area contributed by atoms with E-state index in [-0.39, 0.29) is 22.9 Å². The topological polar surface area (TPSA) is 56.8 Å². The minimum absolute atomic E-state index is 0.141. The Kier molecular flexibility index (Phi) is 7.03. The smallest absolute Gasteiger partial charge is 0.256 e. The number of carbonyl (C=O) groups is 1. The highest BCUT2D eigenvalue weighted by Gasteiger charge is 2.17. The van der Waals surface area contributed by atoms with Gasteiger partial charge in [-0.25, -0.2) is 4.39 Å². The number of methoxy groups -OCH3 is 2. The van der Waals surface area contributed by atoms with E-state index in [0.717, 1.165) is 0 Å². The molecule has 0 aliphatic rings. The molecule has 1 amide bonds. The Morgan fingerprint density at radius 1 is 1.16 bits per heavy atom. The van der Waals surface area contributed by atoms with Gasteiger partial charge in [0.1, 0.15) is 12.4 Å². The Morgan fingerprint density at radius 2 is 1.96 bits per heavy atom. The van der Waals surface area contributed by atoms with Crippen LogP contribution in [0.25, 0.3) is 0 Å². The first-order chi connectivity index (χ1) is 12.1. The lowest BCUT2D eigenvalue weighted by Gasteiger charge is -2.13. The molecule has 134 valence electrons. The zero-order valence-corrected chi connectivity index (χ0v) is 14.7. The maximum absolute atomic E-state index is 13.7. The van der Waals surface area contributed by atoms with Crippen LogP contribution >= 0.6 is 11.6 Å². The molecule has 0 fully saturated rings. The Morgan fingerprint density at radius 3 is 2.64 bits per heavy atom. The highest BCUT2D eigenvalue weighted by molar-refractivity contribution is 6.34. The molecule has 0 aliphatic heterocycles. The second kappa shape index (κ2) is 9.25. The van der Waals surface area contributed by atoms with Crippen molar-refractivity contribution < 1.29 is 23.4 Å². The van der Waals surface area contributed by atoms with Crippen LogP contribution in [0.2, 0.25) is 5.02 Å². The van der Waals surface area contributed by atoms with Gasteiger partial charge in [0.05, 0.1) is 24.3 Å². The summed E-state index contributed by atoms with van der Waals surface area (Å²) in [5, 5.41) is 2.98. The van der Waals surface area contributed by atoms with E-state index in [2.05, 4.69) is 5.32 Å². The molecule has 0 aromatic heterocycles. The molecule has 5 nitrogen and oxygen atoms in total. The largest absolute Gasteiger partial charge is 0.494 e. The number of halogens is 2. The SMILES string of the molecule is COCCOc1cccc(Cl)c1C(=O)NCc1ccc(OC)c(F)c1. The van der Waals surface area contributed by atoms with Gasteiger partial charge in [-0.05, 0) is 29.8 Å². The van der Waals surface area contributed by atoms with E-state index in [9.17, 15) is 9.18 Å². The van der Waals surface area contributed by atoms with Crippen molar-refractivity contribution in [3.05, 3.63) is 58.4 Å². The van der Waals surface area contributed by atoms with Gasteiger partial charge in [-0.1, -0.05) is 23.7 Å². The van der Waals surface area contributed by atoms with Gasteiger partial charge in [0.2, 0.25) is 0 Å². The molecule has 1 N–H and O–H groups in total. The molecular formula is C18H19ClFNO4. The summed E-state index contributed by atoms with van der Waals surface area (Å²) in [4.78, 5) is 12.5. The first kappa shape index (κ1) is 19.0. The summed E-state index contributed by atoms with van der Waals surface area (Å²) >= 11 is 6.14. The van der Waals surface area contributed by atoms with Crippen molar-refractivity contribution in [1.82, 2.24) is 5.32 Å². The molecule has 0 unspecified atom stereocenters. The number of benzene rings is 2. The molecular weight excluding hydrogens is 349 g/mol. The Hall–Kier alpha value is -2.31. The van der Waals surface area contributed by atoms with Crippen LogP contribution < -0.4 is 14.8 Å². The van der Waals surface area contributed by atoms with E-state index < -0.39 is 11.7 Å². The zero-order chi connectivity index (χ0) is 18.2. The highest BCUT2D eigenvalue weighted by Crippen LogP contribution is 2.26. The van der Waals surface area contributed by atoms with Gasteiger partial charge in [0.15, 0.2) is 11.6 Å². The quantitative estimate of drug-likeness (QED) is 0.726. The third-order valence-electron chi connectivity index (χ3n) is 3.42. The summed E-state index contributed by atoms with van der Waals surface area (Å²) in [6.07, 6.45) is 0. The van der Waals surface area contributed by atoms with E-state index in [1.54, 1.807) is 31.4 Å². The molecule has 2 aromatic rings. The fraction of sp³-hybridized carbons (Fsp3) is 0.278.